The number of aromatic nitrogens is 6. The summed E-state index contributed by atoms with van der Waals surface area (Å²) in [5, 5.41) is 26.5. The summed E-state index contributed by atoms with van der Waals surface area (Å²) in [6.45, 7) is 2.05. The predicted octanol–water partition coefficient (Wildman–Crippen LogP) is 2.85. The molecule has 0 fully saturated rings. The minimum absolute atomic E-state index is 0.124. The Hall–Kier alpha value is -4.06. The third-order valence-electron chi connectivity index (χ3n) is 4.46. The van der Waals surface area contributed by atoms with Crippen molar-refractivity contribution < 1.29 is 9.72 Å². The van der Waals surface area contributed by atoms with Gasteiger partial charge in [0, 0.05) is 16.5 Å². The van der Waals surface area contributed by atoms with Gasteiger partial charge in [-0.25, -0.2) is 0 Å². The molecule has 0 spiro atoms. The van der Waals surface area contributed by atoms with Crippen LogP contribution in [0.4, 0.5) is 11.6 Å². The third kappa shape index (κ3) is 4.81. The normalized spacial score (nSPS) is 10.8. The van der Waals surface area contributed by atoms with E-state index in [9.17, 15) is 14.9 Å². The number of benzene rings is 2. The molecule has 0 atom stereocenters. The number of rotatable bonds is 8. The Bertz CT molecular complexity index is 1250. The molecule has 0 bridgehead atoms. The average Bonchev–Trinajstić information content (AvgIpc) is 3.42. The highest BCUT2D eigenvalue weighted by molar-refractivity contribution is 7.99. The first-order valence-corrected chi connectivity index (χ1v) is 10.5. The van der Waals surface area contributed by atoms with E-state index < -0.39 is 10.9 Å². The molecule has 0 aliphatic carbocycles. The molecule has 11 nitrogen and oxygen atoms in total. The third-order valence-corrected chi connectivity index (χ3v) is 5.39. The van der Waals surface area contributed by atoms with Crippen molar-refractivity contribution in [1.29, 1.82) is 0 Å². The summed E-state index contributed by atoms with van der Waals surface area (Å²) in [4.78, 5) is 26.3. The maximum absolute atomic E-state index is 12.5. The van der Waals surface area contributed by atoms with E-state index >= 15 is 0 Å². The lowest BCUT2D eigenvalue weighted by Gasteiger charge is -2.10. The topological polar surface area (TPSA) is 134 Å². The summed E-state index contributed by atoms with van der Waals surface area (Å²) in [6.07, 6.45) is 1.27. The lowest BCUT2D eigenvalue weighted by molar-refractivity contribution is -0.394. The Morgan fingerprint density at radius 3 is 2.59 bits per heavy atom. The fourth-order valence-corrected chi connectivity index (χ4v) is 3.72. The predicted molar refractivity (Wildman–Crippen MR) is 118 cm³/mol. The standard InChI is InChI=1S/C20H18N8O3S/c1-14-7-5-6-10-16(14)22-18(29)12-32-20-24-23-17(27(20)15-8-3-2-4-9-15)11-26-13-21-19(25-26)28(30)31/h2-10,13H,11-12H2,1H3,(H,22,29). The Labute approximate surface area is 186 Å². The number of hydrogen-bond acceptors (Lipinski definition) is 8. The van der Waals surface area contributed by atoms with Crippen LogP contribution in [0.15, 0.2) is 66.1 Å². The molecule has 0 unspecified atom stereocenters. The number of nitro groups is 1. The van der Waals surface area contributed by atoms with Gasteiger partial charge < -0.3 is 15.4 Å². The summed E-state index contributed by atoms with van der Waals surface area (Å²) in [5.41, 5.74) is 2.53. The highest BCUT2D eigenvalue weighted by Crippen LogP contribution is 2.23. The van der Waals surface area contributed by atoms with E-state index in [4.69, 9.17) is 0 Å². The Balaban J connectivity index is 1.54. The van der Waals surface area contributed by atoms with E-state index in [1.165, 1.54) is 22.8 Å². The second-order valence-corrected chi connectivity index (χ2v) is 7.66. The summed E-state index contributed by atoms with van der Waals surface area (Å²) in [7, 11) is 0. The molecule has 12 heteroatoms. The fourth-order valence-electron chi connectivity index (χ4n) is 2.95. The zero-order valence-electron chi connectivity index (χ0n) is 17.0. The van der Waals surface area contributed by atoms with Crippen LogP contribution in [0.5, 0.6) is 0 Å². The number of carbonyl (C=O) groups is 1. The number of anilines is 1. The van der Waals surface area contributed by atoms with Crippen LogP contribution >= 0.6 is 11.8 Å². The summed E-state index contributed by atoms with van der Waals surface area (Å²) < 4.78 is 3.11. The molecule has 2 aromatic carbocycles. The van der Waals surface area contributed by atoms with Crippen LogP contribution in [-0.4, -0.2) is 46.1 Å². The van der Waals surface area contributed by atoms with E-state index in [-0.39, 0.29) is 18.2 Å². The summed E-state index contributed by atoms with van der Waals surface area (Å²) >= 11 is 1.24. The molecule has 0 saturated carbocycles. The number of nitrogens with zero attached hydrogens (tertiary/aromatic N) is 7. The van der Waals surface area contributed by atoms with Crippen molar-refractivity contribution in [3.05, 3.63) is 82.4 Å². The van der Waals surface area contributed by atoms with Gasteiger partial charge >= 0.3 is 5.95 Å². The van der Waals surface area contributed by atoms with Gasteiger partial charge in [-0.05, 0) is 35.6 Å². The van der Waals surface area contributed by atoms with Gasteiger partial charge in [0.15, 0.2) is 11.0 Å². The first-order valence-electron chi connectivity index (χ1n) is 9.53. The summed E-state index contributed by atoms with van der Waals surface area (Å²) in [5.74, 6) is -0.0231. The van der Waals surface area contributed by atoms with Crippen LogP contribution in [0.3, 0.4) is 0 Å². The van der Waals surface area contributed by atoms with Crippen LogP contribution in [0, 0.1) is 17.0 Å². The highest BCUT2D eigenvalue weighted by Gasteiger charge is 2.19. The molecular weight excluding hydrogens is 432 g/mol. The lowest BCUT2D eigenvalue weighted by atomic mass is 10.2. The maximum Gasteiger partial charge on any atom is 0.490 e. The average molecular weight is 450 g/mol. The SMILES string of the molecule is Cc1ccccc1NC(=O)CSc1nnc(Cn2cnc([N+](=O)[O-])n2)n1-c1ccccc1. The van der Waals surface area contributed by atoms with Crippen LogP contribution in [-0.2, 0) is 11.3 Å². The molecule has 0 radical (unpaired) electrons. The molecule has 2 aromatic heterocycles. The van der Waals surface area contributed by atoms with E-state index in [0.717, 1.165) is 16.9 Å². The monoisotopic (exact) mass is 450 g/mol. The minimum atomic E-state index is -0.660. The smallest absolute Gasteiger partial charge is 0.390 e. The van der Waals surface area contributed by atoms with E-state index in [1.807, 2.05) is 61.5 Å². The number of amides is 1. The molecular formula is C20H18N8O3S. The Morgan fingerprint density at radius 1 is 1.12 bits per heavy atom. The Kier molecular flexibility index (Phi) is 6.22. The molecule has 0 aliphatic rings. The maximum atomic E-state index is 12.5. The zero-order valence-corrected chi connectivity index (χ0v) is 17.8. The van der Waals surface area contributed by atoms with E-state index in [1.54, 1.807) is 4.57 Å². The van der Waals surface area contributed by atoms with E-state index in [0.29, 0.717) is 11.0 Å². The van der Waals surface area contributed by atoms with Gasteiger partial charge in [-0.2, -0.15) is 4.68 Å². The first kappa shape index (κ1) is 21.2. The van der Waals surface area contributed by atoms with Crippen molar-refractivity contribution in [2.75, 3.05) is 11.1 Å². The molecule has 1 amide bonds. The van der Waals surface area contributed by atoms with Crippen LogP contribution in [0.1, 0.15) is 11.4 Å². The highest BCUT2D eigenvalue weighted by atomic mass is 32.2. The molecule has 4 aromatic rings. The van der Waals surface area contributed by atoms with Gasteiger partial charge in [0.05, 0.1) is 5.75 Å². The first-order chi connectivity index (χ1) is 15.5. The molecule has 0 aliphatic heterocycles. The number of aryl methyl sites for hydroxylation is 1. The number of thioether (sulfide) groups is 1. The van der Waals surface area contributed by atoms with Gasteiger partial charge in [0.25, 0.3) is 0 Å². The number of carbonyl (C=O) groups excluding carboxylic acids is 1. The minimum Gasteiger partial charge on any atom is -0.390 e. The van der Waals surface area contributed by atoms with Gasteiger partial charge in [0.1, 0.15) is 6.54 Å². The van der Waals surface area contributed by atoms with E-state index in [2.05, 4.69) is 25.6 Å². The van der Waals surface area contributed by atoms with Gasteiger partial charge in [0.2, 0.25) is 12.2 Å². The summed E-state index contributed by atoms with van der Waals surface area (Å²) in [6, 6.07) is 16.9. The van der Waals surface area contributed by atoms with Gasteiger partial charge in [-0.3, -0.25) is 9.36 Å². The van der Waals surface area contributed by atoms with Crippen LogP contribution in [0.25, 0.3) is 5.69 Å². The number of hydrogen-bond donors (Lipinski definition) is 1. The van der Waals surface area contributed by atoms with Gasteiger partial charge in [-0.15, -0.1) is 10.2 Å². The largest absolute Gasteiger partial charge is 0.490 e. The van der Waals surface area contributed by atoms with Crippen molar-refractivity contribution in [3.8, 4) is 5.69 Å². The van der Waals surface area contributed by atoms with Crippen molar-refractivity contribution in [2.24, 2.45) is 0 Å². The number of para-hydroxylation sites is 2. The van der Waals surface area contributed by atoms with Crippen LogP contribution in [0.2, 0.25) is 0 Å². The molecule has 2 heterocycles. The molecule has 32 heavy (non-hydrogen) atoms. The van der Waals surface area contributed by atoms with Crippen molar-refractivity contribution in [1.82, 2.24) is 29.5 Å². The second-order valence-electron chi connectivity index (χ2n) is 6.72. The molecule has 162 valence electrons. The molecule has 0 saturated heterocycles. The molecule has 4 rings (SSSR count). The van der Waals surface area contributed by atoms with Crippen molar-refractivity contribution in [2.45, 2.75) is 18.6 Å². The zero-order chi connectivity index (χ0) is 22.5. The second kappa shape index (κ2) is 9.39. The van der Waals surface area contributed by atoms with Crippen molar-refractivity contribution >= 4 is 29.3 Å². The Morgan fingerprint density at radius 2 is 1.88 bits per heavy atom. The van der Waals surface area contributed by atoms with Gasteiger partial charge in [-0.1, -0.05) is 53.1 Å². The number of nitrogens with one attached hydrogen (secondary N) is 1. The quantitative estimate of drug-likeness (QED) is 0.246. The molecule has 1 N–H and O–H groups in total. The van der Waals surface area contributed by atoms with Crippen LogP contribution < -0.4 is 5.32 Å². The fraction of sp³-hybridized carbons (Fsp3) is 0.150. The lowest BCUT2D eigenvalue weighted by Crippen LogP contribution is -2.15. The van der Waals surface area contributed by atoms with Crippen molar-refractivity contribution in [3.63, 3.8) is 0 Å².